The number of nitrogens with zero attached hydrogens (tertiary/aromatic N) is 1. The maximum atomic E-state index is 12.8. The summed E-state index contributed by atoms with van der Waals surface area (Å²) >= 11 is 1.49. The van der Waals surface area contributed by atoms with Crippen LogP contribution in [0.15, 0.2) is 47.4 Å². The van der Waals surface area contributed by atoms with Gasteiger partial charge in [0.1, 0.15) is 6.04 Å². The molecule has 0 unspecified atom stereocenters. The van der Waals surface area contributed by atoms with E-state index in [1.54, 1.807) is 18.2 Å². The molecule has 0 saturated heterocycles. The van der Waals surface area contributed by atoms with Crippen LogP contribution >= 0.6 is 11.8 Å². The topological polar surface area (TPSA) is 84.9 Å². The largest absolute Gasteiger partial charge is 0.493 e. The number of sulfonamides is 1. The standard InChI is InChI=1S/C19H24N2O5S2/c1-13(19(22)20-15-8-6-7-9-18(15)27-4)21(28(5,23)24)14-10-11-16(25-2)17(12-14)26-3/h6-13H,1-5H3,(H,20,22)/t13-/m1/s1. The van der Waals surface area contributed by atoms with Gasteiger partial charge in [0.05, 0.1) is 31.9 Å². The van der Waals surface area contributed by atoms with Crippen LogP contribution in [-0.4, -0.2) is 47.1 Å². The van der Waals surface area contributed by atoms with Crippen molar-refractivity contribution in [2.75, 3.05) is 36.4 Å². The van der Waals surface area contributed by atoms with Gasteiger partial charge in [-0.25, -0.2) is 8.42 Å². The van der Waals surface area contributed by atoms with Crippen molar-refractivity contribution < 1.29 is 22.7 Å². The van der Waals surface area contributed by atoms with Crippen molar-refractivity contribution in [2.24, 2.45) is 0 Å². The number of methoxy groups -OCH3 is 2. The van der Waals surface area contributed by atoms with E-state index in [0.717, 1.165) is 15.5 Å². The fraction of sp³-hybridized carbons (Fsp3) is 0.316. The van der Waals surface area contributed by atoms with Crippen LogP contribution in [0.1, 0.15) is 6.92 Å². The molecule has 0 aromatic heterocycles. The average Bonchev–Trinajstić information content (AvgIpc) is 2.67. The lowest BCUT2D eigenvalue weighted by molar-refractivity contribution is -0.116. The first kappa shape index (κ1) is 21.9. The number of amides is 1. The third-order valence-corrected chi connectivity index (χ3v) is 6.11. The third kappa shape index (κ3) is 4.90. The monoisotopic (exact) mass is 424 g/mol. The van der Waals surface area contributed by atoms with Gasteiger partial charge in [-0.05, 0) is 37.4 Å². The minimum Gasteiger partial charge on any atom is -0.493 e. The van der Waals surface area contributed by atoms with Crippen LogP contribution in [0, 0.1) is 0 Å². The zero-order valence-corrected chi connectivity index (χ0v) is 18.1. The van der Waals surface area contributed by atoms with E-state index in [1.165, 1.54) is 39.0 Å². The van der Waals surface area contributed by atoms with Crippen LogP contribution in [0.5, 0.6) is 11.5 Å². The van der Waals surface area contributed by atoms with Gasteiger partial charge in [-0.3, -0.25) is 9.10 Å². The maximum Gasteiger partial charge on any atom is 0.248 e. The predicted octanol–water partition coefficient (Wildman–Crippen LogP) is 3.22. The number of benzene rings is 2. The number of rotatable bonds is 8. The third-order valence-electron chi connectivity index (χ3n) is 4.07. The molecule has 0 aliphatic rings. The molecule has 1 amide bonds. The van der Waals surface area contributed by atoms with Crippen LogP contribution in [-0.2, 0) is 14.8 Å². The van der Waals surface area contributed by atoms with E-state index >= 15 is 0 Å². The molecule has 0 heterocycles. The second-order valence-electron chi connectivity index (χ2n) is 5.96. The summed E-state index contributed by atoms with van der Waals surface area (Å²) in [6, 6.07) is 11.1. The van der Waals surface area contributed by atoms with Crippen molar-refractivity contribution in [3.63, 3.8) is 0 Å². The fourth-order valence-corrected chi connectivity index (χ4v) is 4.48. The Hall–Kier alpha value is -2.39. The molecule has 9 heteroatoms. The Balaban J connectivity index is 2.39. The van der Waals surface area contributed by atoms with Crippen molar-refractivity contribution in [3.8, 4) is 11.5 Å². The lowest BCUT2D eigenvalue weighted by Gasteiger charge is -2.29. The van der Waals surface area contributed by atoms with Gasteiger partial charge in [-0.1, -0.05) is 12.1 Å². The SMILES string of the molecule is COc1ccc(N([C@H](C)C(=O)Nc2ccccc2SC)S(C)(=O)=O)cc1OC. The highest BCUT2D eigenvalue weighted by atomic mass is 32.2. The van der Waals surface area contributed by atoms with E-state index in [1.807, 2.05) is 24.5 Å². The summed E-state index contributed by atoms with van der Waals surface area (Å²) in [4.78, 5) is 13.7. The minimum absolute atomic E-state index is 0.306. The van der Waals surface area contributed by atoms with Crippen molar-refractivity contribution in [2.45, 2.75) is 17.9 Å². The number of anilines is 2. The Morgan fingerprint density at radius 2 is 1.75 bits per heavy atom. The molecular formula is C19H24N2O5S2. The van der Waals surface area contributed by atoms with Crippen molar-refractivity contribution in [1.29, 1.82) is 0 Å². The summed E-state index contributed by atoms with van der Waals surface area (Å²) in [7, 11) is -0.792. The number of nitrogens with one attached hydrogen (secondary N) is 1. The van der Waals surface area contributed by atoms with E-state index in [4.69, 9.17) is 9.47 Å². The molecule has 2 aromatic carbocycles. The van der Waals surface area contributed by atoms with Gasteiger partial charge >= 0.3 is 0 Å². The molecule has 28 heavy (non-hydrogen) atoms. The highest BCUT2D eigenvalue weighted by Gasteiger charge is 2.30. The zero-order chi connectivity index (χ0) is 20.9. The first-order valence-corrected chi connectivity index (χ1v) is 11.5. The molecule has 7 nitrogen and oxygen atoms in total. The Morgan fingerprint density at radius 3 is 2.32 bits per heavy atom. The van der Waals surface area contributed by atoms with Crippen LogP contribution < -0.4 is 19.1 Å². The van der Waals surface area contributed by atoms with Gasteiger partial charge < -0.3 is 14.8 Å². The van der Waals surface area contributed by atoms with Gasteiger partial charge in [0, 0.05) is 11.0 Å². The first-order valence-electron chi connectivity index (χ1n) is 8.38. The second-order valence-corrected chi connectivity index (χ2v) is 8.67. The van der Waals surface area contributed by atoms with Crippen LogP contribution in [0.25, 0.3) is 0 Å². The number of para-hydroxylation sites is 1. The fourth-order valence-electron chi connectivity index (χ4n) is 2.76. The predicted molar refractivity (Wildman–Crippen MR) is 113 cm³/mol. The van der Waals surface area contributed by atoms with E-state index in [0.29, 0.717) is 22.9 Å². The van der Waals surface area contributed by atoms with Crippen LogP contribution in [0.3, 0.4) is 0 Å². The summed E-state index contributed by atoms with van der Waals surface area (Å²) < 4.78 is 36.5. The van der Waals surface area contributed by atoms with Gasteiger partial charge in [0.2, 0.25) is 15.9 Å². The number of ether oxygens (including phenoxy) is 2. The average molecular weight is 425 g/mol. The highest BCUT2D eigenvalue weighted by Crippen LogP contribution is 2.33. The molecule has 152 valence electrons. The molecule has 1 N–H and O–H groups in total. The summed E-state index contributed by atoms with van der Waals surface area (Å²) in [5.41, 5.74) is 0.938. The number of carbonyl (C=O) groups excluding carboxylic acids is 1. The highest BCUT2D eigenvalue weighted by molar-refractivity contribution is 7.98. The molecule has 0 aliphatic heterocycles. The van der Waals surface area contributed by atoms with Gasteiger partial charge in [-0.2, -0.15) is 0 Å². The van der Waals surface area contributed by atoms with Gasteiger partial charge in [0.15, 0.2) is 11.5 Å². The zero-order valence-electron chi connectivity index (χ0n) is 16.4. The number of thioether (sulfide) groups is 1. The summed E-state index contributed by atoms with van der Waals surface area (Å²) in [6.07, 6.45) is 2.96. The summed E-state index contributed by atoms with van der Waals surface area (Å²) in [6.45, 7) is 1.54. The molecule has 0 spiro atoms. The number of carbonyl (C=O) groups is 1. The number of hydrogen-bond acceptors (Lipinski definition) is 6. The van der Waals surface area contributed by atoms with Crippen LogP contribution in [0.2, 0.25) is 0 Å². The minimum atomic E-state index is -3.74. The molecule has 0 aliphatic carbocycles. The quantitative estimate of drug-likeness (QED) is 0.655. The van der Waals surface area contributed by atoms with Gasteiger partial charge in [0.25, 0.3) is 0 Å². The lowest BCUT2D eigenvalue weighted by Crippen LogP contribution is -2.45. The Bertz CT molecular complexity index is 947. The Labute approximate surface area is 170 Å². The van der Waals surface area contributed by atoms with Crippen LogP contribution in [0.4, 0.5) is 11.4 Å². The first-order chi connectivity index (χ1) is 13.2. The molecule has 0 radical (unpaired) electrons. The Morgan fingerprint density at radius 1 is 1.11 bits per heavy atom. The molecule has 0 fully saturated rings. The van der Waals surface area contributed by atoms with Crippen molar-refractivity contribution in [3.05, 3.63) is 42.5 Å². The number of hydrogen-bond donors (Lipinski definition) is 1. The van der Waals surface area contributed by atoms with Crippen molar-refractivity contribution >= 4 is 39.1 Å². The van der Waals surface area contributed by atoms with E-state index in [9.17, 15) is 13.2 Å². The van der Waals surface area contributed by atoms with E-state index in [2.05, 4.69) is 5.32 Å². The Kier molecular flexibility index (Phi) is 7.20. The normalized spacial score (nSPS) is 12.2. The van der Waals surface area contributed by atoms with E-state index < -0.39 is 22.0 Å². The summed E-state index contributed by atoms with van der Waals surface area (Å²) in [5, 5.41) is 2.81. The molecule has 0 saturated carbocycles. The van der Waals surface area contributed by atoms with Gasteiger partial charge in [-0.15, -0.1) is 11.8 Å². The van der Waals surface area contributed by atoms with Crippen molar-refractivity contribution in [1.82, 2.24) is 0 Å². The molecular weight excluding hydrogens is 400 g/mol. The second kappa shape index (κ2) is 9.20. The smallest absolute Gasteiger partial charge is 0.248 e. The maximum absolute atomic E-state index is 12.8. The molecule has 0 bridgehead atoms. The molecule has 2 aromatic rings. The molecule has 2 rings (SSSR count). The molecule has 1 atom stereocenters. The lowest BCUT2D eigenvalue weighted by atomic mass is 10.2. The summed E-state index contributed by atoms with van der Waals surface area (Å²) in [5.74, 6) is 0.390. The van der Waals surface area contributed by atoms with E-state index in [-0.39, 0.29) is 0 Å².